The summed E-state index contributed by atoms with van der Waals surface area (Å²) in [6.45, 7) is 0. The van der Waals surface area contributed by atoms with E-state index in [1.165, 1.54) is 21.9 Å². The van der Waals surface area contributed by atoms with Gasteiger partial charge in [0.15, 0.2) is 4.96 Å². The molecule has 0 aliphatic rings. The molecule has 1 amide bonds. The summed E-state index contributed by atoms with van der Waals surface area (Å²) in [6, 6.07) is 14.2. The second kappa shape index (κ2) is 6.03. The third-order valence-electron chi connectivity index (χ3n) is 3.84. The Morgan fingerprint density at radius 1 is 1.16 bits per heavy atom. The summed E-state index contributed by atoms with van der Waals surface area (Å²) in [7, 11) is 1.56. The highest BCUT2D eigenvalue weighted by Crippen LogP contribution is 2.23. The van der Waals surface area contributed by atoms with Crippen LogP contribution in [0.4, 0.5) is 5.69 Å². The lowest BCUT2D eigenvalue weighted by atomic mass is 10.2. The molecule has 0 unspecified atom stereocenters. The van der Waals surface area contributed by atoms with E-state index in [9.17, 15) is 9.59 Å². The Morgan fingerprint density at radius 2 is 1.92 bits per heavy atom. The Bertz CT molecular complexity index is 1150. The van der Waals surface area contributed by atoms with E-state index >= 15 is 0 Å². The molecule has 0 bridgehead atoms. The van der Waals surface area contributed by atoms with E-state index in [-0.39, 0.29) is 17.2 Å². The Labute approximate surface area is 146 Å². The van der Waals surface area contributed by atoms with Gasteiger partial charge in [-0.15, -0.1) is 0 Å². The second-order valence-corrected chi connectivity index (χ2v) is 6.36. The normalized spacial score (nSPS) is 10.9. The Morgan fingerprint density at radius 3 is 2.68 bits per heavy atom. The number of rotatable bonds is 3. The number of thiazole rings is 1. The van der Waals surface area contributed by atoms with Crippen LogP contribution in [0, 0.1) is 0 Å². The Balaban J connectivity index is 1.73. The van der Waals surface area contributed by atoms with Crippen LogP contribution in [0.15, 0.2) is 59.5 Å². The van der Waals surface area contributed by atoms with Gasteiger partial charge in [0.2, 0.25) is 0 Å². The number of aromatic nitrogens is 2. The third-order valence-corrected chi connectivity index (χ3v) is 4.87. The fourth-order valence-electron chi connectivity index (χ4n) is 2.57. The van der Waals surface area contributed by atoms with Crippen molar-refractivity contribution in [3.8, 4) is 5.75 Å². The minimum absolute atomic E-state index is 0.141. The van der Waals surface area contributed by atoms with Crippen LogP contribution >= 0.6 is 11.3 Å². The van der Waals surface area contributed by atoms with Crippen LogP contribution in [0.1, 0.15) is 10.4 Å². The van der Waals surface area contributed by atoms with E-state index in [0.717, 1.165) is 10.2 Å². The topological polar surface area (TPSA) is 72.7 Å². The summed E-state index contributed by atoms with van der Waals surface area (Å²) in [4.78, 5) is 30.0. The molecule has 0 fully saturated rings. The van der Waals surface area contributed by atoms with Crippen molar-refractivity contribution < 1.29 is 9.53 Å². The molecule has 4 rings (SSSR count). The van der Waals surface area contributed by atoms with Crippen molar-refractivity contribution in [1.29, 1.82) is 0 Å². The van der Waals surface area contributed by atoms with Gasteiger partial charge in [-0.2, -0.15) is 0 Å². The summed E-state index contributed by atoms with van der Waals surface area (Å²) < 4.78 is 7.55. The molecule has 0 atom stereocenters. The van der Waals surface area contributed by atoms with Crippen LogP contribution in [0.5, 0.6) is 5.75 Å². The van der Waals surface area contributed by atoms with Crippen molar-refractivity contribution in [2.75, 3.05) is 12.4 Å². The standard InChI is InChI=1S/C18H13N3O3S/c1-24-12-8-6-11(7-9-12)16(22)20-13-10-19-18-21(17(13)23)14-4-2-3-5-15(14)25-18/h2-10H,1H3,(H,20,22). The number of methoxy groups -OCH3 is 1. The van der Waals surface area contributed by atoms with Gasteiger partial charge in [-0.25, -0.2) is 9.38 Å². The van der Waals surface area contributed by atoms with Crippen molar-refractivity contribution >= 4 is 38.1 Å². The molecule has 0 radical (unpaired) electrons. The molecule has 25 heavy (non-hydrogen) atoms. The number of anilines is 1. The van der Waals surface area contributed by atoms with E-state index in [1.807, 2.05) is 24.3 Å². The predicted molar refractivity (Wildman–Crippen MR) is 97.8 cm³/mol. The Hall–Kier alpha value is -3.19. The molecule has 2 heterocycles. The number of amides is 1. The molecule has 6 nitrogen and oxygen atoms in total. The quantitative estimate of drug-likeness (QED) is 0.615. The van der Waals surface area contributed by atoms with Gasteiger partial charge >= 0.3 is 0 Å². The first-order chi connectivity index (χ1) is 12.2. The first-order valence-corrected chi connectivity index (χ1v) is 8.34. The number of hydrogen-bond acceptors (Lipinski definition) is 5. The number of carbonyl (C=O) groups excluding carboxylic acids is 1. The van der Waals surface area contributed by atoms with E-state index < -0.39 is 0 Å². The average molecular weight is 351 g/mol. The lowest BCUT2D eigenvalue weighted by molar-refractivity contribution is 0.102. The molecule has 2 aromatic heterocycles. The molecule has 124 valence electrons. The summed E-state index contributed by atoms with van der Waals surface area (Å²) in [5.74, 6) is 0.283. The molecule has 0 saturated heterocycles. The van der Waals surface area contributed by atoms with Crippen molar-refractivity contribution in [3.63, 3.8) is 0 Å². The van der Waals surface area contributed by atoms with Gasteiger partial charge in [-0.3, -0.25) is 9.59 Å². The van der Waals surface area contributed by atoms with Crippen molar-refractivity contribution in [1.82, 2.24) is 9.38 Å². The van der Waals surface area contributed by atoms with Crippen molar-refractivity contribution in [3.05, 3.63) is 70.6 Å². The van der Waals surface area contributed by atoms with Gasteiger partial charge in [0.25, 0.3) is 11.5 Å². The van der Waals surface area contributed by atoms with Gasteiger partial charge in [0, 0.05) is 5.56 Å². The zero-order chi connectivity index (χ0) is 17.4. The number of benzene rings is 2. The third kappa shape index (κ3) is 2.64. The highest BCUT2D eigenvalue weighted by molar-refractivity contribution is 7.23. The monoisotopic (exact) mass is 351 g/mol. The smallest absolute Gasteiger partial charge is 0.282 e. The highest BCUT2D eigenvalue weighted by Gasteiger charge is 2.13. The maximum atomic E-state index is 12.8. The maximum absolute atomic E-state index is 12.8. The number of fused-ring (bicyclic) bond motifs is 3. The highest BCUT2D eigenvalue weighted by atomic mass is 32.1. The van der Waals surface area contributed by atoms with Crippen molar-refractivity contribution in [2.45, 2.75) is 0 Å². The average Bonchev–Trinajstić information content (AvgIpc) is 3.03. The molecule has 1 N–H and O–H groups in total. The van der Waals surface area contributed by atoms with E-state index in [4.69, 9.17) is 4.74 Å². The lowest BCUT2D eigenvalue weighted by Crippen LogP contribution is -2.22. The fourth-order valence-corrected chi connectivity index (χ4v) is 3.56. The molecule has 2 aromatic carbocycles. The number of carbonyl (C=O) groups is 1. The zero-order valence-corrected chi connectivity index (χ0v) is 14.0. The van der Waals surface area contributed by atoms with Crippen LogP contribution < -0.4 is 15.6 Å². The zero-order valence-electron chi connectivity index (χ0n) is 13.2. The van der Waals surface area contributed by atoms with Crippen LogP contribution in [-0.4, -0.2) is 22.4 Å². The van der Waals surface area contributed by atoms with Gasteiger partial charge in [0.05, 0.1) is 23.5 Å². The Kier molecular flexibility index (Phi) is 3.70. The van der Waals surface area contributed by atoms with Crippen LogP contribution in [0.25, 0.3) is 15.2 Å². The van der Waals surface area contributed by atoms with Crippen LogP contribution in [-0.2, 0) is 0 Å². The predicted octanol–water partition coefficient (Wildman–Crippen LogP) is 3.17. The number of ether oxygens (including phenoxy) is 1. The number of hydrogen-bond donors (Lipinski definition) is 1. The summed E-state index contributed by atoms with van der Waals surface area (Å²) >= 11 is 1.43. The van der Waals surface area contributed by atoms with Crippen LogP contribution in [0.3, 0.4) is 0 Å². The van der Waals surface area contributed by atoms with E-state index in [2.05, 4.69) is 10.3 Å². The van der Waals surface area contributed by atoms with Crippen LogP contribution in [0.2, 0.25) is 0 Å². The summed E-state index contributed by atoms with van der Waals surface area (Å²) in [5, 5.41) is 2.64. The first-order valence-electron chi connectivity index (χ1n) is 7.52. The number of nitrogens with zero attached hydrogens (tertiary/aromatic N) is 2. The van der Waals surface area contributed by atoms with E-state index in [0.29, 0.717) is 16.3 Å². The van der Waals surface area contributed by atoms with Gasteiger partial charge in [0.1, 0.15) is 11.4 Å². The second-order valence-electron chi connectivity index (χ2n) is 5.35. The lowest BCUT2D eigenvalue weighted by Gasteiger charge is -2.06. The maximum Gasteiger partial charge on any atom is 0.282 e. The molecule has 0 aliphatic carbocycles. The summed E-state index contributed by atoms with van der Waals surface area (Å²) in [5.41, 5.74) is 1.05. The van der Waals surface area contributed by atoms with Gasteiger partial charge < -0.3 is 10.1 Å². The SMILES string of the molecule is COc1ccc(C(=O)Nc2cnc3sc4ccccc4n3c2=O)cc1. The number of nitrogens with one attached hydrogen (secondary N) is 1. The van der Waals surface area contributed by atoms with E-state index in [1.54, 1.807) is 31.4 Å². The molecule has 0 spiro atoms. The first kappa shape index (κ1) is 15.3. The molecule has 0 aliphatic heterocycles. The largest absolute Gasteiger partial charge is 0.497 e. The molecule has 7 heteroatoms. The molecule has 0 saturated carbocycles. The summed E-state index contributed by atoms with van der Waals surface area (Å²) in [6.07, 6.45) is 1.40. The molecular weight excluding hydrogens is 338 g/mol. The van der Waals surface area contributed by atoms with Gasteiger partial charge in [-0.05, 0) is 36.4 Å². The minimum Gasteiger partial charge on any atom is -0.497 e. The van der Waals surface area contributed by atoms with Gasteiger partial charge in [-0.1, -0.05) is 23.5 Å². The fraction of sp³-hybridized carbons (Fsp3) is 0.0556. The van der Waals surface area contributed by atoms with Crippen molar-refractivity contribution in [2.24, 2.45) is 0 Å². The molecular formula is C18H13N3O3S. The molecule has 4 aromatic rings. The number of para-hydroxylation sites is 1. The minimum atomic E-state index is -0.374.